The molecule has 11 heteroatoms. The van der Waals surface area contributed by atoms with Gasteiger partial charge in [0, 0.05) is 76.0 Å². The molecule has 0 amide bonds. The molecule has 0 radical (unpaired) electrons. The van der Waals surface area contributed by atoms with Crippen molar-refractivity contribution in [2.45, 2.75) is 66.7 Å². The minimum absolute atomic E-state index is 0.102. The van der Waals surface area contributed by atoms with Gasteiger partial charge in [-0.3, -0.25) is 0 Å². The monoisotopic (exact) mass is 589 g/mol. The van der Waals surface area contributed by atoms with Crippen molar-refractivity contribution in [3.05, 3.63) is 35.9 Å². The van der Waals surface area contributed by atoms with Crippen LogP contribution in [0.3, 0.4) is 0 Å². The van der Waals surface area contributed by atoms with E-state index in [1.54, 1.807) is 51.7 Å². The first kappa shape index (κ1) is 29.1. The Bertz CT molecular complexity index is 1240. The molecule has 0 unspecified atom stereocenters. The first-order chi connectivity index (χ1) is 20.0. The lowest BCUT2D eigenvalue weighted by molar-refractivity contribution is -0.318. The molecule has 1 aromatic rings. The predicted octanol–water partition coefficient (Wildman–Crippen LogP) is -0.313. The molecule has 5 saturated carbocycles. The minimum Gasteiger partial charge on any atom is -0.455 e. The van der Waals surface area contributed by atoms with E-state index in [1.807, 2.05) is 7.05 Å². The third kappa shape index (κ3) is 3.05. The van der Waals surface area contributed by atoms with Crippen LogP contribution in [0.2, 0.25) is 0 Å². The molecule has 7 bridgehead atoms. The van der Waals surface area contributed by atoms with Gasteiger partial charge in [0.2, 0.25) is 0 Å². The van der Waals surface area contributed by atoms with Crippen molar-refractivity contribution in [3.8, 4) is 0 Å². The largest absolute Gasteiger partial charge is 0.455 e. The normalized spacial score (nSPS) is 53.7. The van der Waals surface area contributed by atoms with Gasteiger partial charge in [0.15, 0.2) is 0 Å². The third-order valence-corrected chi connectivity index (χ3v) is 12.6. The zero-order chi connectivity index (χ0) is 30.0. The summed E-state index contributed by atoms with van der Waals surface area (Å²) < 4.78 is 30.3. The van der Waals surface area contributed by atoms with Crippen molar-refractivity contribution in [2.24, 2.45) is 34.5 Å². The Morgan fingerprint density at radius 3 is 2.33 bits per heavy atom. The lowest BCUT2D eigenvalue weighted by Gasteiger charge is -2.69. The zero-order valence-corrected chi connectivity index (χ0v) is 24.8. The van der Waals surface area contributed by atoms with Crippen LogP contribution in [-0.4, -0.2) is 134 Å². The smallest absolute Gasteiger partial charge is 0.338 e. The number of nitrogens with zero attached hydrogens (tertiary/aromatic N) is 1. The molecule has 6 fully saturated rings. The van der Waals surface area contributed by atoms with E-state index in [0.717, 1.165) is 0 Å². The number of carbonyl (C=O) groups is 1. The Morgan fingerprint density at radius 1 is 1.00 bits per heavy atom. The highest BCUT2D eigenvalue weighted by molar-refractivity contribution is 5.89. The van der Waals surface area contributed by atoms with Crippen LogP contribution >= 0.6 is 0 Å². The lowest BCUT2D eigenvalue weighted by atomic mass is 9.42. The van der Waals surface area contributed by atoms with E-state index in [0.29, 0.717) is 18.5 Å². The first-order valence-corrected chi connectivity index (χ1v) is 14.9. The van der Waals surface area contributed by atoms with Gasteiger partial charge in [-0.05, 0) is 31.5 Å². The number of hydrogen-bond donors (Lipinski definition) is 4. The van der Waals surface area contributed by atoms with Gasteiger partial charge >= 0.3 is 5.97 Å². The van der Waals surface area contributed by atoms with Gasteiger partial charge in [0.05, 0.1) is 30.5 Å². The summed E-state index contributed by atoms with van der Waals surface area (Å²) in [6.07, 6.45) is -5.28. The fourth-order valence-corrected chi connectivity index (χ4v) is 11.8. The van der Waals surface area contributed by atoms with E-state index in [9.17, 15) is 25.2 Å². The van der Waals surface area contributed by atoms with Crippen molar-refractivity contribution < 1.29 is 48.9 Å². The molecule has 1 aliphatic heterocycles. The molecule has 232 valence electrons. The number of ether oxygens (including phenoxy) is 5. The zero-order valence-electron chi connectivity index (χ0n) is 24.8. The van der Waals surface area contributed by atoms with Crippen molar-refractivity contribution in [1.29, 1.82) is 0 Å². The van der Waals surface area contributed by atoms with Crippen LogP contribution < -0.4 is 0 Å². The summed E-state index contributed by atoms with van der Waals surface area (Å²) in [7, 11) is 8.22. The highest BCUT2D eigenvalue weighted by Gasteiger charge is 2.91. The van der Waals surface area contributed by atoms with Gasteiger partial charge in [-0.25, -0.2) is 4.79 Å². The number of esters is 1. The molecule has 7 rings (SSSR count). The number of rotatable bonds is 7. The van der Waals surface area contributed by atoms with Crippen LogP contribution in [0.4, 0.5) is 0 Å². The molecule has 5 aliphatic carbocycles. The Hall–Kier alpha value is -1.67. The molecule has 42 heavy (non-hydrogen) atoms. The number of aliphatic hydroxyl groups excluding tert-OH is 2. The fraction of sp³-hybridized carbons (Fsp3) is 0.774. The fourth-order valence-electron chi connectivity index (χ4n) is 11.8. The number of hydrogen-bond acceptors (Lipinski definition) is 11. The molecule has 11 nitrogen and oxygen atoms in total. The summed E-state index contributed by atoms with van der Waals surface area (Å²) in [5, 5.41) is 49.4. The van der Waals surface area contributed by atoms with E-state index < -0.39 is 82.4 Å². The standard InChI is InChI=1S/C31H43NO10/c1-32-13-28(14-38-2)17(33)11-18(39-3)30-16-12-29(36)25(42-27(35)15-9-7-6-8-10-15)19(16)31(37,24(34)26(29)41-5)20(23(30)32)21(40-4)22(28)30/h6-10,16-26,33-34,36-37H,11-14H2,1-5H3/t16-,17-,18+,19-,20+,21+,22-,23-,24+,25-,26+,28+,29-,30+,31-/m1/s1. The van der Waals surface area contributed by atoms with Gasteiger partial charge in [-0.15, -0.1) is 0 Å². The SMILES string of the molecule is COC[C@]12CN(C)[C@@H]3[C@@H]4[C@H](OC)[C@H]1[C@@]3([C@@H](OC)C[C@H]2O)[C@@H]1C[C@@]2(O)[C@H](OC(=O)c3ccccc3)[C@@H]1[C@]4(O)[C@@H](O)[C@@H]2OC. The van der Waals surface area contributed by atoms with Gasteiger partial charge in [0.1, 0.15) is 29.5 Å². The van der Waals surface area contributed by atoms with Gasteiger partial charge in [0.25, 0.3) is 0 Å². The van der Waals surface area contributed by atoms with Crippen LogP contribution in [0.15, 0.2) is 30.3 Å². The van der Waals surface area contributed by atoms with Crippen LogP contribution in [-0.2, 0) is 23.7 Å². The molecule has 4 N–H and O–H groups in total. The summed E-state index contributed by atoms with van der Waals surface area (Å²) in [6.45, 7) is 0.760. The summed E-state index contributed by atoms with van der Waals surface area (Å²) in [5.41, 5.74) is -4.81. The van der Waals surface area contributed by atoms with Gasteiger partial charge < -0.3 is 49.0 Å². The average Bonchev–Trinajstić information content (AvgIpc) is 3.37. The van der Waals surface area contributed by atoms with Crippen LogP contribution in [0.25, 0.3) is 0 Å². The quantitative estimate of drug-likeness (QED) is 0.311. The molecular weight excluding hydrogens is 546 g/mol. The van der Waals surface area contributed by atoms with E-state index in [1.165, 1.54) is 7.11 Å². The second-order valence-corrected chi connectivity index (χ2v) is 13.7. The summed E-state index contributed by atoms with van der Waals surface area (Å²) in [5.74, 6) is -2.96. The Labute approximate surface area is 245 Å². The number of carbonyl (C=O) groups excluding carboxylic acids is 1. The highest BCUT2D eigenvalue weighted by atomic mass is 16.6. The molecule has 0 aromatic heterocycles. The van der Waals surface area contributed by atoms with Gasteiger partial charge in [-0.2, -0.15) is 0 Å². The molecule has 15 atom stereocenters. The number of likely N-dealkylation sites (tertiary alicyclic amines) is 1. The van der Waals surface area contributed by atoms with Crippen LogP contribution in [0.5, 0.6) is 0 Å². The number of aliphatic hydroxyl groups is 4. The second kappa shape index (κ2) is 9.42. The van der Waals surface area contributed by atoms with Crippen molar-refractivity contribution in [2.75, 3.05) is 48.6 Å². The average molecular weight is 590 g/mol. The van der Waals surface area contributed by atoms with Gasteiger partial charge in [-0.1, -0.05) is 18.2 Å². The molecular formula is C31H43NO10. The second-order valence-electron chi connectivity index (χ2n) is 13.7. The van der Waals surface area contributed by atoms with E-state index in [4.69, 9.17) is 23.7 Å². The van der Waals surface area contributed by atoms with Crippen LogP contribution in [0, 0.1) is 34.5 Å². The maximum absolute atomic E-state index is 13.5. The summed E-state index contributed by atoms with van der Waals surface area (Å²) >= 11 is 0. The van der Waals surface area contributed by atoms with E-state index >= 15 is 0 Å². The number of fused-ring (bicyclic) bond motifs is 2. The summed E-state index contributed by atoms with van der Waals surface area (Å²) in [6, 6.07) is 8.22. The summed E-state index contributed by atoms with van der Waals surface area (Å²) in [4.78, 5) is 15.7. The maximum Gasteiger partial charge on any atom is 0.338 e. The Kier molecular flexibility index (Phi) is 6.52. The minimum atomic E-state index is -1.86. The maximum atomic E-state index is 13.5. The van der Waals surface area contributed by atoms with Crippen molar-refractivity contribution in [3.63, 3.8) is 0 Å². The number of piperidine rings is 1. The Balaban J connectivity index is 1.47. The highest BCUT2D eigenvalue weighted by Crippen LogP contribution is 2.80. The van der Waals surface area contributed by atoms with E-state index in [-0.39, 0.29) is 25.0 Å². The lowest BCUT2D eigenvalue weighted by Crippen LogP contribution is -2.80. The molecule has 6 aliphatic rings. The topological polar surface area (TPSA) is 147 Å². The van der Waals surface area contributed by atoms with Crippen molar-refractivity contribution in [1.82, 2.24) is 4.90 Å². The number of benzene rings is 1. The predicted molar refractivity (Wildman–Crippen MR) is 146 cm³/mol. The van der Waals surface area contributed by atoms with Crippen LogP contribution in [0.1, 0.15) is 23.2 Å². The van der Waals surface area contributed by atoms with E-state index in [2.05, 4.69) is 4.90 Å². The molecule has 1 heterocycles. The number of methoxy groups -OCH3 is 4. The molecule has 1 spiro atoms. The molecule has 1 aromatic carbocycles. The first-order valence-electron chi connectivity index (χ1n) is 14.9. The molecule has 1 saturated heterocycles. The van der Waals surface area contributed by atoms with Crippen molar-refractivity contribution >= 4 is 5.97 Å². The Morgan fingerprint density at radius 2 is 1.71 bits per heavy atom. The third-order valence-electron chi connectivity index (χ3n) is 12.6.